The second-order valence-corrected chi connectivity index (χ2v) is 14.3. The van der Waals surface area contributed by atoms with E-state index in [4.69, 9.17) is 4.74 Å². The smallest absolute Gasteiger partial charge is 0.310 e. The van der Waals surface area contributed by atoms with E-state index in [2.05, 4.69) is 41.5 Å². The molecule has 208 valence electrons. The van der Waals surface area contributed by atoms with Crippen molar-refractivity contribution in [1.82, 2.24) is 0 Å². The molecule has 2 unspecified atom stereocenters. The van der Waals surface area contributed by atoms with Gasteiger partial charge >= 0.3 is 5.97 Å². The third-order valence-corrected chi connectivity index (χ3v) is 12.6. The van der Waals surface area contributed by atoms with E-state index in [-0.39, 0.29) is 18.4 Å². The Bertz CT molecular complexity index is 765. The van der Waals surface area contributed by atoms with Crippen molar-refractivity contribution in [2.45, 2.75) is 131 Å². The van der Waals surface area contributed by atoms with Crippen molar-refractivity contribution in [3.63, 3.8) is 0 Å². The summed E-state index contributed by atoms with van der Waals surface area (Å²) in [5, 5.41) is 21.2. The minimum absolute atomic E-state index is 0.0346. The topological polar surface area (TPSA) is 66.8 Å². The van der Waals surface area contributed by atoms with Gasteiger partial charge in [0.2, 0.25) is 5.79 Å². The molecular weight excluding hydrogens is 448 g/mol. The summed E-state index contributed by atoms with van der Waals surface area (Å²) in [6.45, 7) is 14.3. The Balaban J connectivity index is 1.52. The first kappa shape index (κ1) is 28.4. The Morgan fingerprint density at radius 2 is 1.72 bits per heavy atom. The molecule has 4 saturated carbocycles. The van der Waals surface area contributed by atoms with Crippen LogP contribution in [-0.4, -0.2) is 28.6 Å². The number of esters is 1. The van der Waals surface area contributed by atoms with Gasteiger partial charge in [0.15, 0.2) is 0 Å². The molecule has 10 atom stereocenters. The molecule has 0 spiro atoms. The predicted molar refractivity (Wildman–Crippen MR) is 145 cm³/mol. The van der Waals surface area contributed by atoms with Crippen molar-refractivity contribution in [1.29, 1.82) is 0 Å². The quantitative estimate of drug-likeness (QED) is 0.254. The van der Waals surface area contributed by atoms with Gasteiger partial charge in [-0.05, 0) is 111 Å². The highest BCUT2D eigenvalue weighted by molar-refractivity contribution is 5.70. The molecule has 36 heavy (non-hydrogen) atoms. The number of aliphatic hydroxyl groups excluding tert-OH is 1. The van der Waals surface area contributed by atoms with Gasteiger partial charge in [-0.25, -0.2) is 0 Å². The Labute approximate surface area is 221 Å². The highest BCUT2D eigenvalue weighted by Crippen LogP contribution is 2.70. The van der Waals surface area contributed by atoms with Gasteiger partial charge in [0.1, 0.15) is 0 Å². The van der Waals surface area contributed by atoms with Crippen molar-refractivity contribution in [2.24, 2.45) is 58.2 Å². The van der Waals surface area contributed by atoms with E-state index in [9.17, 15) is 15.0 Å². The van der Waals surface area contributed by atoms with Crippen LogP contribution in [0.15, 0.2) is 0 Å². The predicted octanol–water partition coefficient (Wildman–Crippen LogP) is 7.36. The Morgan fingerprint density at radius 3 is 2.39 bits per heavy atom. The summed E-state index contributed by atoms with van der Waals surface area (Å²) < 4.78 is 5.88. The lowest BCUT2D eigenvalue weighted by Crippen LogP contribution is -2.64. The van der Waals surface area contributed by atoms with E-state index in [1.807, 2.05) is 0 Å². The summed E-state index contributed by atoms with van der Waals surface area (Å²) in [6, 6.07) is 0. The van der Waals surface area contributed by atoms with Crippen LogP contribution in [0, 0.1) is 58.2 Å². The van der Waals surface area contributed by atoms with Crippen LogP contribution in [0.25, 0.3) is 0 Å². The summed E-state index contributed by atoms with van der Waals surface area (Å²) in [6.07, 6.45) is 14.1. The molecule has 0 amide bonds. The van der Waals surface area contributed by atoms with Crippen LogP contribution in [-0.2, 0) is 9.53 Å². The average Bonchev–Trinajstić information content (AvgIpc) is 3.17. The highest BCUT2D eigenvalue weighted by atomic mass is 16.7. The number of hydrogen-bond donors (Lipinski definition) is 2. The monoisotopic (exact) mass is 504 g/mol. The number of aliphatic hydroxyl groups is 2. The lowest BCUT2D eigenvalue weighted by Gasteiger charge is -2.64. The summed E-state index contributed by atoms with van der Waals surface area (Å²) in [5.41, 5.74) is 0.0274. The molecule has 4 heteroatoms. The van der Waals surface area contributed by atoms with Crippen molar-refractivity contribution in [3.05, 3.63) is 0 Å². The van der Waals surface area contributed by atoms with E-state index in [0.29, 0.717) is 29.6 Å². The number of rotatable bonds is 9. The molecule has 4 fully saturated rings. The zero-order chi connectivity index (χ0) is 26.3. The Kier molecular flexibility index (Phi) is 8.58. The van der Waals surface area contributed by atoms with E-state index in [1.165, 1.54) is 44.9 Å². The summed E-state index contributed by atoms with van der Waals surface area (Å²) in [4.78, 5) is 12.5. The molecule has 4 aliphatic carbocycles. The van der Waals surface area contributed by atoms with Crippen molar-refractivity contribution in [2.75, 3.05) is 6.61 Å². The zero-order valence-corrected chi connectivity index (χ0v) is 24.2. The fourth-order valence-corrected chi connectivity index (χ4v) is 10.5. The molecule has 2 N–H and O–H groups in total. The van der Waals surface area contributed by atoms with Gasteiger partial charge in [-0.3, -0.25) is 4.79 Å². The van der Waals surface area contributed by atoms with Crippen molar-refractivity contribution in [3.8, 4) is 0 Å². The number of ether oxygens (including phenoxy) is 1. The molecule has 4 aliphatic rings. The van der Waals surface area contributed by atoms with Crippen molar-refractivity contribution < 1.29 is 19.7 Å². The van der Waals surface area contributed by atoms with Crippen LogP contribution in [0.5, 0.6) is 0 Å². The third kappa shape index (κ3) is 4.69. The van der Waals surface area contributed by atoms with Crippen LogP contribution in [0.2, 0.25) is 0 Å². The molecule has 4 nitrogen and oxygen atoms in total. The standard InChI is InChI=1S/C32H56O4/c1-7-23(21(2)3)11-10-22(4)26-14-15-27-25-13-12-24-9-8-18-32(35,36-29(34)17-20-33)31(24,6)28(25)16-19-30(26,27)5/h21-28,33,35H,7-20H2,1-6H3/t22-,23-,24?,25-,26-,27+,28+,30-,31+,32?/m1/s1. The molecule has 0 heterocycles. The highest BCUT2D eigenvalue weighted by Gasteiger charge is 2.67. The van der Waals surface area contributed by atoms with Crippen LogP contribution in [0.4, 0.5) is 0 Å². The van der Waals surface area contributed by atoms with Gasteiger partial charge in [0.25, 0.3) is 0 Å². The van der Waals surface area contributed by atoms with Gasteiger partial charge in [-0.15, -0.1) is 0 Å². The van der Waals surface area contributed by atoms with Gasteiger partial charge in [0, 0.05) is 11.8 Å². The largest absolute Gasteiger partial charge is 0.433 e. The third-order valence-electron chi connectivity index (χ3n) is 12.6. The minimum Gasteiger partial charge on any atom is -0.433 e. The lowest BCUT2D eigenvalue weighted by atomic mass is 9.43. The number of hydrogen-bond acceptors (Lipinski definition) is 4. The van der Waals surface area contributed by atoms with E-state index < -0.39 is 11.8 Å². The van der Waals surface area contributed by atoms with Crippen LogP contribution >= 0.6 is 0 Å². The fourth-order valence-electron chi connectivity index (χ4n) is 10.5. The summed E-state index contributed by atoms with van der Waals surface area (Å²) >= 11 is 0. The van der Waals surface area contributed by atoms with Gasteiger partial charge in [-0.2, -0.15) is 0 Å². The second-order valence-electron chi connectivity index (χ2n) is 14.3. The minimum atomic E-state index is -1.39. The normalized spacial score (nSPS) is 43.9. The second kappa shape index (κ2) is 10.9. The molecule has 0 aromatic heterocycles. The number of carbonyl (C=O) groups is 1. The first-order valence-corrected chi connectivity index (χ1v) is 15.6. The van der Waals surface area contributed by atoms with Gasteiger partial charge in [-0.1, -0.05) is 54.4 Å². The van der Waals surface area contributed by atoms with E-state index in [0.717, 1.165) is 55.3 Å². The lowest BCUT2D eigenvalue weighted by molar-refractivity contribution is -0.319. The molecule has 0 aliphatic heterocycles. The van der Waals surface area contributed by atoms with Crippen LogP contribution < -0.4 is 0 Å². The fraction of sp³-hybridized carbons (Fsp3) is 0.969. The first-order chi connectivity index (χ1) is 17.0. The number of carbonyl (C=O) groups excluding carboxylic acids is 1. The zero-order valence-electron chi connectivity index (χ0n) is 24.2. The molecule has 0 radical (unpaired) electrons. The first-order valence-electron chi connectivity index (χ1n) is 15.6. The Morgan fingerprint density at radius 1 is 0.972 bits per heavy atom. The molecule has 0 aromatic carbocycles. The van der Waals surface area contributed by atoms with Crippen LogP contribution in [0.1, 0.15) is 125 Å². The maximum absolute atomic E-state index is 12.5. The molecule has 4 rings (SSSR count). The maximum atomic E-state index is 12.5. The maximum Gasteiger partial charge on any atom is 0.310 e. The summed E-state index contributed by atoms with van der Waals surface area (Å²) in [5.74, 6) is 3.57. The Hall–Kier alpha value is -0.610. The molecule has 0 aromatic rings. The van der Waals surface area contributed by atoms with Crippen LogP contribution in [0.3, 0.4) is 0 Å². The van der Waals surface area contributed by atoms with Crippen molar-refractivity contribution >= 4 is 5.97 Å². The van der Waals surface area contributed by atoms with E-state index >= 15 is 0 Å². The SMILES string of the molecule is CC[C@H](CC[C@@H](C)[C@H]1CC[C@H]2[C@H]3CCC4CCCC(O)(OC(=O)CCO)[C@]4(C)[C@H]3CC[C@]12C)C(C)C. The summed E-state index contributed by atoms with van der Waals surface area (Å²) in [7, 11) is 0. The average molecular weight is 505 g/mol. The van der Waals surface area contributed by atoms with E-state index in [1.54, 1.807) is 0 Å². The molecule has 0 saturated heterocycles. The molecular formula is C32H56O4. The number of fused-ring (bicyclic) bond motifs is 5. The van der Waals surface area contributed by atoms with Gasteiger partial charge in [0.05, 0.1) is 13.0 Å². The van der Waals surface area contributed by atoms with Gasteiger partial charge < -0.3 is 14.9 Å². The molecule has 0 bridgehead atoms.